The van der Waals surface area contributed by atoms with Crippen molar-refractivity contribution in [3.8, 4) is 11.5 Å². The minimum Gasteiger partial charge on any atom is -0.490 e. The van der Waals surface area contributed by atoms with Crippen molar-refractivity contribution in [3.05, 3.63) is 23.8 Å². The topological polar surface area (TPSA) is 46.1 Å². The Morgan fingerprint density at radius 3 is 2.74 bits per heavy atom. The van der Waals surface area contributed by atoms with Gasteiger partial charge in [0.1, 0.15) is 0 Å². The quantitative estimate of drug-likeness (QED) is 0.673. The molecule has 0 atom stereocenters. The Morgan fingerprint density at radius 2 is 2.04 bits per heavy atom. The summed E-state index contributed by atoms with van der Waals surface area (Å²) in [5.74, 6) is 2.67. The van der Waals surface area contributed by atoms with E-state index in [1.807, 2.05) is 13.1 Å². The first-order valence-electron chi connectivity index (χ1n) is 8.41. The molecule has 23 heavy (non-hydrogen) atoms. The summed E-state index contributed by atoms with van der Waals surface area (Å²) in [4.78, 5) is 6.77. The molecule has 2 aliphatic rings. The number of hydrogen-bond donors (Lipinski definition) is 1. The Hall–Kier alpha value is -1.91. The minimum atomic E-state index is 0.368. The van der Waals surface area contributed by atoms with Gasteiger partial charge >= 0.3 is 0 Å². The van der Waals surface area contributed by atoms with Gasteiger partial charge in [-0.2, -0.15) is 0 Å². The third-order valence-electron chi connectivity index (χ3n) is 4.45. The fourth-order valence-corrected chi connectivity index (χ4v) is 3.12. The molecule has 1 N–H and O–H groups in total. The van der Waals surface area contributed by atoms with Crippen LogP contribution in [0.15, 0.2) is 23.2 Å². The standard InChI is InChI=1S/C18H27N3O2/c1-18(2)7-8-21(13-18)17(19-3)20-12-14-5-6-15-16(11-14)23-10-4-9-22-15/h5-6,11H,4,7-10,12-13H2,1-3H3,(H,19,20). The molecular formula is C18H27N3O2. The van der Waals surface area contributed by atoms with Crippen LogP contribution in [0.4, 0.5) is 0 Å². The molecule has 0 saturated carbocycles. The first-order chi connectivity index (χ1) is 11.1. The number of likely N-dealkylation sites (tertiary alicyclic amines) is 1. The van der Waals surface area contributed by atoms with E-state index in [0.717, 1.165) is 50.1 Å². The summed E-state index contributed by atoms with van der Waals surface area (Å²) >= 11 is 0. The van der Waals surface area contributed by atoms with Gasteiger partial charge in [0, 0.05) is 33.1 Å². The highest BCUT2D eigenvalue weighted by atomic mass is 16.5. The summed E-state index contributed by atoms with van der Waals surface area (Å²) in [5, 5.41) is 3.47. The second-order valence-electron chi connectivity index (χ2n) is 7.07. The summed E-state index contributed by atoms with van der Waals surface area (Å²) in [6.45, 7) is 8.91. The number of aliphatic imine (C=N–C) groups is 1. The highest BCUT2D eigenvalue weighted by Crippen LogP contribution is 2.31. The monoisotopic (exact) mass is 317 g/mol. The van der Waals surface area contributed by atoms with Crippen molar-refractivity contribution in [2.75, 3.05) is 33.4 Å². The van der Waals surface area contributed by atoms with Gasteiger partial charge in [0.15, 0.2) is 17.5 Å². The average Bonchev–Trinajstić information content (AvgIpc) is 2.74. The molecule has 1 saturated heterocycles. The molecule has 0 spiro atoms. The molecule has 1 fully saturated rings. The van der Waals surface area contributed by atoms with Crippen molar-refractivity contribution in [1.29, 1.82) is 0 Å². The van der Waals surface area contributed by atoms with Gasteiger partial charge in [-0.1, -0.05) is 19.9 Å². The number of benzene rings is 1. The van der Waals surface area contributed by atoms with Crippen molar-refractivity contribution in [1.82, 2.24) is 10.2 Å². The maximum atomic E-state index is 5.76. The lowest BCUT2D eigenvalue weighted by Crippen LogP contribution is -2.40. The smallest absolute Gasteiger partial charge is 0.193 e. The highest BCUT2D eigenvalue weighted by molar-refractivity contribution is 5.80. The van der Waals surface area contributed by atoms with Gasteiger partial charge in [0.2, 0.25) is 0 Å². The van der Waals surface area contributed by atoms with Gasteiger partial charge in [-0.05, 0) is 29.5 Å². The maximum Gasteiger partial charge on any atom is 0.193 e. The number of nitrogens with zero attached hydrogens (tertiary/aromatic N) is 2. The summed E-state index contributed by atoms with van der Waals surface area (Å²) in [6, 6.07) is 6.15. The molecule has 0 radical (unpaired) electrons. The SMILES string of the molecule is CN=C(NCc1ccc2c(c1)OCCCO2)N1CCC(C)(C)C1. The highest BCUT2D eigenvalue weighted by Gasteiger charge is 2.30. The molecule has 5 heteroatoms. The molecule has 0 bridgehead atoms. The van der Waals surface area contributed by atoms with Gasteiger partial charge in [0.05, 0.1) is 13.2 Å². The van der Waals surface area contributed by atoms with Crippen molar-refractivity contribution < 1.29 is 9.47 Å². The van der Waals surface area contributed by atoms with Crippen LogP contribution >= 0.6 is 0 Å². The lowest BCUT2D eigenvalue weighted by atomic mass is 9.93. The van der Waals surface area contributed by atoms with Gasteiger partial charge in [0.25, 0.3) is 0 Å². The van der Waals surface area contributed by atoms with Crippen LogP contribution < -0.4 is 14.8 Å². The zero-order chi connectivity index (χ0) is 16.3. The number of guanidine groups is 1. The molecule has 3 rings (SSSR count). The van der Waals surface area contributed by atoms with Crippen LogP contribution in [-0.2, 0) is 6.54 Å². The van der Waals surface area contributed by atoms with Gasteiger partial charge in [-0.15, -0.1) is 0 Å². The van der Waals surface area contributed by atoms with E-state index in [-0.39, 0.29) is 0 Å². The van der Waals surface area contributed by atoms with E-state index in [1.165, 1.54) is 12.0 Å². The predicted molar refractivity (Wildman–Crippen MR) is 92.2 cm³/mol. The summed E-state index contributed by atoms with van der Waals surface area (Å²) in [5.41, 5.74) is 1.54. The van der Waals surface area contributed by atoms with Crippen molar-refractivity contribution in [3.63, 3.8) is 0 Å². The molecule has 0 aliphatic carbocycles. The molecule has 0 unspecified atom stereocenters. The lowest BCUT2D eigenvalue weighted by Gasteiger charge is -2.23. The zero-order valence-electron chi connectivity index (χ0n) is 14.4. The Balaban J connectivity index is 1.62. The van der Waals surface area contributed by atoms with Crippen LogP contribution in [0.2, 0.25) is 0 Å². The van der Waals surface area contributed by atoms with E-state index in [0.29, 0.717) is 12.0 Å². The molecule has 126 valence electrons. The number of ether oxygens (including phenoxy) is 2. The molecule has 1 aromatic carbocycles. The molecular weight excluding hydrogens is 290 g/mol. The van der Waals surface area contributed by atoms with Crippen LogP contribution in [0.3, 0.4) is 0 Å². The van der Waals surface area contributed by atoms with E-state index in [9.17, 15) is 0 Å². The molecule has 1 aromatic rings. The van der Waals surface area contributed by atoms with E-state index >= 15 is 0 Å². The van der Waals surface area contributed by atoms with E-state index in [2.05, 4.69) is 41.2 Å². The number of fused-ring (bicyclic) bond motifs is 1. The van der Waals surface area contributed by atoms with Crippen LogP contribution in [0.5, 0.6) is 11.5 Å². The third kappa shape index (κ3) is 3.89. The van der Waals surface area contributed by atoms with Crippen LogP contribution in [-0.4, -0.2) is 44.2 Å². The van der Waals surface area contributed by atoms with Crippen molar-refractivity contribution in [2.24, 2.45) is 10.4 Å². The first-order valence-corrected chi connectivity index (χ1v) is 8.41. The van der Waals surface area contributed by atoms with Gasteiger partial charge in [-0.3, -0.25) is 4.99 Å². The number of rotatable bonds is 2. The van der Waals surface area contributed by atoms with Crippen molar-refractivity contribution in [2.45, 2.75) is 33.2 Å². The average molecular weight is 317 g/mol. The van der Waals surface area contributed by atoms with Gasteiger partial charge in [-0.25, -0.2) is 0 Å². The lowest BCUT2D eigenvalue weighted by molar-refractivity contribution is 0.297. The number of hydrogen-bond acceptors (Lipinski definition) is 3. The van der Waals surface area contributed by atoms with Crippen molar-refractivity contribution >= 4 is 5.96 Å². The Labute approximate surface area is 138 Å². The van der Waals surface area contributed by atoms with Crippen LogP contribution in [0.1, 0.15) is 32.3 Å². The third-order valence-corrected chi connectivity index (χ3v) is 4.45. The largest absolute Gasteiger partial charge is 0.490 e. The first kappa shape index (κ1) is 16.0. The number of nitrogens with one attached hydrogen (secondary N) is 1. The van der Waals surface area contributed by atoms with Crippen LogP contribution in [0.25, 0.3) is 0 Å². The Morgan fingerprint density at radius 1 is 1.26 bits per heavy atom. The molecule has 5 nitrogen and oxygen atoms in total. The van der Waals surface area contributed by atoms with E-state index < -0.39 is 0 Å². The van der Waals surface area contributed by atoms with Gasteiger partial charge < -0.3 is 19.7 Å². The fourth-order valence-electron chi connectivity index (χ4n) is 3.12. The Bertz CT molecular complexity index is 584. The maximum absolute atomic E-state index is 5.76. The molecule has 0 aromatic heterocycles. The van der Waals surface area contributed by atoms with Crippen LogP contribution in [0, 0.1) is 5.41 Å². The fraction of sp³-hybridized carbons (Fsp3) is 0.611. The minimum absolute atomic E-state index is 0.368. The summed E-state index contributed by atoms with van der Waals surface area (Å²) in [6.07, 6.45) is 2.14. The summed E-state index contributed by atoms with van der Waals surface area (Å²) < 4.78 is 11.4. The van der Waals surface area contributed by atoms with E-state index in [4.69, 9.17) is 9.47 Å². The normalized spacial score (nSPS) is 20.3. The van der Waals surface area contributed by atoms with E-state index in [1.54, 1.807) is 0 Å². The second kappa shape index (κ2) is 6.69. The molecule has 2 heterocycles. The Kier molecular flexibility index (Phi) is 4.64. The zero-order valence-corrected chi connectivity index (χ0v) is 14.4. The molecule has 0 amide bonds. The predicted octanol–water partition coefficient (Wildman–Crippen LogP) is 2.66. The second-order valence-corrected chi connectivity index (χ2v) is 7.07. The molecule has 2 aliphatic heterocycles. The summed E-state index contributed by atoms with van der Waals surface area (Å²) in [7, 11) is 1.85.